The maximum atomic E-state index is 12.5. The fourth-order valence-electron chi connectivity index (χ4n) is 1.77. The first-order valence-electron chi connectivity index (χ1n) is 6.61. The molecule has 5 heteroatoms. The Balaban J connectivity index is 3.10. The van der Waals surface area contributed by atoms with Crippen molar-refractivity contribution in [3.63, 3.8) is 0 Å². The van der Waals surface area contributed by atoms with E-state index in [0.717, 1.165) is 5.56 Å². The molecular formula is C15H22O4S. The normalized spacial score (nSPS) is 13.8. The van der Waals surface area contributed by atoms with Crippen molar-refractivity contribution in [3.05, 3.63) is 29.8 Å². The van der Waals surface area contributed by atoms with E-state index < -0.39 is 26.7 Å². The first-order valence-corrected chi connectivity index (χ1v) is 8.16. The highest BCUT2D eigenvalue weighted by Crippen LogP contribution is 2.22. The standard InChI is InChI=1S/C15H22O4S/c1-6-13(14(16)19-15(3,4)5)20(17,18)12-9-7-11(2)8-10-12/h7-10,13H,6H2,1-5H3/t13-/m0/s1. The number of benzene rings is 1. The van der Waals surface area contributed by atoms with Crippen LogP contribution in [-0.4, -0.2) is 25.2 Å². The average molecular weight is 298 g/mol. The molecule has 1 rings (SSSR count). The van der Waals surface area contributed by atoms with Crippen LogP contribution in [0.3, 0.4) is 0 Å². The zero-order valence-corrected chi connectivity index (χ0v) is 13.5. The lowest BCUT2D eigenvalue weighted by Gasteiger charge is -2.23. The van der Waals surface area contributed by atoms with Gasteiger partial charge in [0.2, 0.25) is 0 Å². The minimum absolute atomic E-state index is 0.154. The topological polar surface area (TPSA) is 60.4 Å². The molecule has 0 heterocycles. The van der Waals surface area contributed by atoms with E-state index in [1.807, 2.05) is 6.92 Å². The molecule has 0 amide bonds. The van der Waals surface area contributed by atoms with Crippen molar-refractivity contribution >= 4 is 15.8 Å². The van der Waals surface area contributed by atoms with Crippen molar-refractivity contribution in [3.8, 4) is 0 Å². The molecule has 112 valence electrons. The van der Waals surface area contributed by atoms with Crippen molar-refractivity contribution in [1.82, 2.24) is 0 Å². The van der Waals surface area contributed by atoms with Gasteiger partial charge in [-0.3, -0.25) is 4.79 Å². The number of carbonyl (C=O) groups excluding carboxylic acids is 1. The van der Waals surface area contributed by atoms with Gasteiger partial charge in [0.1, 0.15) is 5.60 Å². The third-order valence-corrected chi connectivity index (χ3v) is 4.97. The van der Waals surface area contributed by atoms with Crippen LogP contribution in [0.4, 0.5) is 0 Å². The maximum Gasteiger partial charge on any atom is 0.325 e. The average Bonchev–Trinajstić information content (AvgIpc) is 2.27. The van der Waals surface area contributed by atoms with E-state index in [2.05, 4.69) is 0 Å². The van der Waals surface area contributed by atoms with Crippen molar-refractivity contribution in [2.75, 3.05) is 0 Å². The zero-order valence-electron chi connectivity index (χ0n) is 12.6. The molecule has 1 aromatic carbocycles. The van der Waals surface area contributed by atoms with Crippen LogP contribution < -0.4 is 0 Å². The summed E-state index contributed by atoms with van der Waals surface area (Å²) in [5, 5.41) is -1.16. The molecule has 4 nitrogen and oxygen atoms in total. The highest BCUT2D eigenvalue weighted by molar-refractivity contribution is 7.92. The van der Waals surface area contributed by atoms with Gasteiger partial charge in [-0.1, -0.05) is 24.6 Å². The van der Waals surface area contributed by atoms with Crippen LogP contribution in [0.15, 0.2) is 29.2 Å². The van der Waals surface area contributed by atoms with Crippen LogP contribution in [0.5, 0.6) is 0 Å². The number of esters is 1. The molecule has 0 aliphatic carbocycles. The minimum Gasteiger partial charge on any atom is -0.459 e. The number of hydrogen-bond donors (Lipinski definition) is 0. The summed E-state index contributed by atoms with van der Waals surface area (Å²) in [6.45, 7) is 8.70. The molecule has 1 atom stereocenters. The second kappa shape index (κ2) is 5.95. The number of aryl methyl sites for hydroxylation is 1. The van der Waals surface area contributed by atoms with Crippen LogP contribution in [0.1, 0.15) is 39.7 Å². The Labute approximate surface area is 121 Å². The van der Waals surface area contributed by atoms with Crippen LogP contribution in [-0.2, 0) is 19.4 Å². The van der Waals surface area contributed by atoms with E-state index in [4.69, 9.17) is 4.74 Å². The van der Waals surface area contributed by atoms with Gasteiger partial charge in [0.25, 0.3) is 0 Å². The Hall–Kier alpha value is -1.36. The van der Waals surface area contributed by atoms with E-state index in [-0.39, 0.29) is 11.3 Å². The Bertz CT molecular complexity index is 565. The molecule has 0 aromatic heterocycles. The molecule has 0 unspecified atom stereocenters. The predicted octanol–water partition coefficient (Wildman–Crippen LogP) is 2.89. The summed E-state index contributed by atoms with van der Waals surface area (Å²) in [4.78, 5) is 12.2. The molecule has 0 saturated heterocycles. The molecule has 0 fully saturated rings. The van der Waals surface area contributed by atoms with Gasteiger partial charge in [0.15, 0.2) is 15.1 Å². The Morgan fingerprint density at radius 3 is 2.10 bits per heavy atom. The summed E-state index contributed by atoms with van der Waals surface area (Å²) in [7, 11) is -3.71. The minimum atomic E-state index is -3.71. The van der Waals surface area contributed by atoms with Crippen molar-refractivity contribution in [1.29, 1.82) is 0 Å². The largest absolute Gasteiger partial charge is 0.459 e. The number of rotatable bonds is 4. The van der Waals surface area contributed by atoms with E-state index in [1.165, 1.54) is 12.1 Å². The lowest BCUT2D eigenvalue weighted by molar-refractivity contribution is -0.154. The maximum absolute atomic E-state index is 12.5. The van der Waals surface area contributed by atoms with Gasteiger partial charge in [-0.05, 0) is 46.2 Å². The second-order valence-corrected chi connectivity index (χ2v) is 7.92. The molecule has 0 aliphatic rings. The summed E-state index contributed by atoms with van der Waals surface area (Å²) in [6, 6.07) is 6.48. The molecule has 0 aliphatic heterocycles. The van der Waals surface area contributed by atoms with Gasteiger partial charge in [-0.25, -0.2) is 8.42 Å². The Morgan fingerprint density at radius 2 is 1.70 bits per heavy atom. The molecular weight excluding hydrogens is 276 g/mol. The quantitative estimate of drug-likeness (QED) is 0.802. The SMILES string of the molecule is CC[C@@H](C(=O)OC(C)(C)C)S(=O)(=O)c1ccc(C)cc1. The third-order valence-electron chi connectivity index (χ3n) is 2.76. The lowest BCUT2D eigenvalue weighted by Crippen LogP contribution is -2.36. The summed E-state index contributed by atoms with van der Waals surface area (Å²) in [5.41, 5.74) is 0.266. The highest BCUT2D eigenvalue weighted by atomic mass is 32.2. The van der Waals surface area contributed by atoms with Gasteiger partial charge in [-0.2, -0.15) is 0 Å². The van der Waals surface area contributed by atoms with Gasteiger partial charge >= 0.3 is 5.97 Å². The summed E-state index contributed by atoms with van der Waals surface area (Å²) >= 11 is 0. The number of carbonyl (C=O) groups is 1. The van der Waals surface area contributed by atoms with Crippen molar-refractivity contribution in [2.24, 2.45) is 0 Å². The van der Waals surface area contributed by atoms with Gasteiger partial charge in [-0.15, -0.1) is 0 Å². The van der Waals surface area contributed by atoms with Gasteiger partial charge in [0, 0.05) is 0 Å². The number of sulfone groups is 1. The van der Waals surface area contributed by atoms with E-state index in [1.54, 1.807) is 39.8 Å². The van der Waals surface area contributed by atoms with Crippen LogP contribution >= 0.6 is 0 Å². The fraction of sp³-hybridized carbons (Fsp3) is 0.533. The monoisotopic (exact) mass is 298 g/mol. The van der Waals surface area contributed by atoms with Gasteiger partial charge < -0.3 is 4.74 Å². The van der Waals surface area contributed by atoms with Crippen molar-refractivity contribution < 1.29 is 17.9 Å². The van der Waals surface area contributed by atoms with Crippen LogP contribution in [0.2, 0.25) is 0 Å². The highest BCUT2D eigenvalue weighted by Gasteiger charge is 2.35. The van der Waals surface area contributed by atoms with Gasteiger partial charge in [0.05, 0.1) is 4.90 Å². The molecule has 1 aromatic rings. The van der Waals surface area contributed by atoms with Crippen LogP contribution in [0.25, 0.3) is 0 Å². The summed E-state index contributed by atoms with van der Waals surface area (Å²) in [5.74, 6) is -0.694. The van der Waals surface area contributed by atoms with Crippen LogP contribution in [0, 0.1) is 6.92 Å². The van der Waals surface area contributed by atoms with Crippen molar-refractivity contribution in [2.45, 2.75) is 56.8 Å². The third kappa shape index (κ3) is 4.07. The molecule has 0 saturated carbocycles. The molecule has 0 N–H and O–H groups in total. The molecule has 0 bridgehead atoms. The molecule has 0 radical (unpaired) electrons. The lowest BCUT2D eigenvalue weighted by atomic mass is 10.2. The molecule has 0 spiro atoms. The number of ether oxygens (including phenoxy) is 1. The Morgan fingerprint density at radius 1 is 1.20 bits per heavy atom. The predicted molar refractivity (Wildman–Crippen MR) is 78.3 cm³/mol. The summed E-state index contributed by atoms with van der Waals surface area (Å²) < 4.78 is 30.2. The number of hydrogen-bond acceptors (Lipinski definition) is 4. The van der Waals surface area contributed by atoms with E-state index >= 15 is 0 Å². The zero-order chi connectivity index (χ0) is 15.6. The first-order chi connectivity index (χ1) is 9.08. The summed E-state index contributed by atoms with van der Waals surface area (Å²) in [6.07, 6.45) is 0.186. The first kappa shape index (κ1) is 16.7. The Kier molecular flexibility index (Phi) is 4.97. The smallest absolute Gasteiger partial charge is 0.325 e. The second-order valence-electron chi connectivity index (χ2n) is 5.79. The van der Waals surface area contributed by atoms with E-state index in [0.29, 0.717) is 0 Å². The molecule has 20 heavy (non-hydrogen) atoms. The fourth-order valence-corrected chi connectivity index (χ4v) is 3.36. The van der Waals surface area contributed by atoms with E-state index in [9.17, 15) is 13.2 Å².